The molecule has 0 aromatic carbocycles. The summed E-state index contributed by atoms with van der Waals surface area (Å²) in [6, 6.07) is 0. The van der Waals surface area contributed by atoms with Crippen molar-refractivity contribution in [2.45, 2.75) is 33.3 Å². The minimum atomic E-state index is -0.723. The molecule has 0 spiro atoms. The van der Waals surface area contributed by atoms with Gasteiger partial charge in [-0.3, -0.25) is 9.48 Å². The number of aliphatic hydroxyl groups is 1. The summed E-state index contributed by atoms with van der Waals surface area (Å²) in [4.78, 5) is 14.0. The molecule has 1 aromatic rings. The van der Waals surface area contributed by atoms with Crippen LogP contribution >= 0.6 is 0 Å². The monoisotopic (exact) mass is 251 g/mol. The van der Waals surface area contributed by atoms with Gasteiger partial charge in [0, 0.05) is 12.7 Å². The van der Waals surface area contributed by atoms with Crippen LogP contribution in [0.5, 0.6) is 0 Å². The van der Waals surface area contributed by atoms with Gasteiger partial charge in [-0.1, -0.05) is 13.8 Å². The van der Waals surface area contributed by atoms with Gasteiger partial charge in [0.1, 0.15) is 5.60 Å². The molecule has 0 unspecified atom stereocenters. The lowest BCUT2D eigenvalue weighted by Gasteiger charge is -2.49. The Labute approximate surface area is 107 Å². The second-order valence-electron chi connectivity index (χ2n) is 5.59. The summed E-state index contributed by atoms with van der Waals surface area (Å²) in [5.41, 5.74) is 1.57. The molecule has 100 valence electrons. The molecule has 18 heavy (non-hydrogen) atoms. The molecule has 1 aliphatic heterocycles. The van der Waals surface area contributed by atoms with Crippen LogP contribution in [0.4, 0.5) is 0 Å². The zero-order valence-corrected chi connectivity index (χ0v) is 11.7. The average Bonchev–Trinajstić information content (AvgIpc) is 2.47. The molecule has 0 saturated carbocycles. The first kappa shape index (κ1) is 13.1. The Morgan fingerprint density at radius 1 is 1.39 bits per heavy atom. The van der Waals surface area contributed by atoms with E-state index in [0.29, 0.717) is 18.7 Å². The van der Waals surface area contributed by atoms with Crippen LogP contribution in [0.3, 0.4) is 0 Å². The van der Waals surface area contributed by atoms with Crippen LogP contribution in [0.1, 0.15) is 35.6 Å². The Morgan fingerprint density at radius 3 is 2.33 bits per heavy atom. The lowest BCUT2D eigenvalue weighted by molar-refractivity contribution is -0.110. The third-order valence-corrected chi connectivity index (χ3v) is 4.01. The largest absolute Gasteiger partial charge is 0.386 e. The molecule has 5 heteroatoms. The summed E-state index contributed by atoms with van der Waals surface area (Å²) in [6.45, 7) is 8.51. The fourth-order valence-electron chi connectivity index (χ4n) is 2.36. The standard InChI is InChI=1S/C13H21N3O2/c1-8(2)13(18)6-16(7-13)12(17)11-9(3)14-15(5)10(11)4/h8,18H,6-7H2,1-5H3. The topological polar surface area (TPSA) is 58.4 Å². The van der Waals surface area contributed by atoms with Crippen molar-refractivity contribution < 1.29 is 9.90 Å². The van der Waals surface area contributed by atoms with Crippen LogP contribution < -0.4 is 0 Å². The molecule has 1 aliphatic rings. The first-order valence-corrected chi connectivity index (χ1v) is 6.28. The molecule has 0 atom stereocenters. The highest BCUT2D eigenvalue weighted by Gasteiger charge is 2.46. The van der Waals surface area contributed by atoms with Crippen molar-refractivity contribution in [1.82, 2.24) is 14.7 Å². The summed E-state index contributed by atoms with van der Waals surface area (Å²) in [5, 5.41) is 14.4. The fourth-order valence-corrected chi connectivity index (χ4v) is 2.36. The summed E-state index contributed by atoms with van der Waals surface area (Å²) >= 11 is 0. The van der Waals surface area contributed by atoms with E-state index in [0.717, 1.165) is 11.4 Å². The molecular weight excluding hydrogens is 230 g/mol. The molecular formula is C13H21N3O2. The van der Waals surface area contributed by atoms with E-state index in [1.807, 2.05) is 34.7 Å². The number of carbonyl (C=O) groups is 1. The molecule has 1 N–H and O–H groups in total. The number of aromatic nitrogens is 2. The van der Waals surface area contributed by atoms with Gasteiger partial charge in [0.05, 0.1) is 24.3 Å². The molecule has 1 saturated heterocycles. The van der Waals surface area contributed by atoms with Crippen LogP contribution in [0.2, 0.25) is 0 Å². The van der Waals surface area contributed by atoms with E-state index >= 15 is 0 Å². The van der Waals surface area contributed by atoms with E-state index in [9.17, 15) is 9.90 Å². The Bertz CT molecular complexity index is 485. The van der Waals surface area contributed by atoms with E-state index in [-0.39, 0.29) is 11.8 Å². The van der Waals surface area contributed by atoms with Gasteiger partial charge < -0.3 is 10.0 Å². The number of carbonyl (C=O) groups excluding carboxylic acids is 1. The predicted molar refractivity (Wildman–Crippen MR) is 68.4 cm³/mol. The second kappa shape index (κ2) is 4.09. The average molecular weight is 251 g/mol. The third kappa shape index (κ3) is 1.82. The highest BCUT2D eigenvalue weighted by molar-refractivity contribution is 5.97. The van der Waals surface area contributed by atoms with Gasteiger partial charge in [0.25, 0.3) is 5.91 Å². The molecule has 1 aromatic heterocycles. The highest BCUT2D eigenvalue weighted by Crippen LogP contribution is 2.30. The van der Waals surface area contributed by atoms with Crippen molar-refractivity contribution in [3.05, 3.63) is 17.0 Å². The minimum absolute atomic E-state index is 0.0246. The zero-order chi connectivity index (χ0) is 13.7. The van der Waals surface area contributed by atoms with E-state index < -0.39 is 5.60 Å². The maximum absolute atomic E-state index is 12.4. The summed E-state index contributed by atoms with van der Waals surface area (Å²) in [7, 11) is 1.83. The Morgan fingerprint density at radius 2 is 1.94 bits per heavy atom. The SMILES string of the molecule is Cc1nn(C)c(C)c1C(=O)N1CC(O)(C(C)C)C1. The number of hydrogen-bond donors (Lipinski definition) is 1. The van der Waals surface area contributed by atoms with Gasteiger partial charge in [0.15, 0.2) is 0 Å². The maximum atomic E-state index is 12.4. The van der Waals surface area contributed by atoms with E-state index in [1.165, 1.54) is 0 Å². The number of hydrogen-bond acceptors (Lipinski definition) is 3. The molecule has 2 heterocycles. The molecule has 0 bridgehead atoms. The van der Waals surface area contributed by atoms with Gasteiger partial charge in [-0.25, -0.2) is 0 Å². The number of nitrogens with zero attached hydrogens (tertiary/aromatic N) is 3. The third-order valence-electron chi connectivity index (χ3n) is 4.01. The quantitative estimate of drug-likeness (QED) is 0.849. The smallest absolute Gasteiger partial charge is 0.257 e. The van der Waals surface area contributed by atoms with Crippen molar-refractivity contribution in [3.8, 4) is 0 Å². The predicted octanol–water partition coefficient (Wildman–Crippen LogP) is 0.880. The first-order valence-electron chi connectivity index (χ1n) is 6.28. The normalized spacial score (nSPS) is 18.1. The van der Waals surface area contributed by atoms with Crippen molar-refractivity contribution in [2.75, 3.05) is 13.1 Å². The molecule has 1 fully saturated rings. The molecule has 2 rings (SSSR count). The van der Waals surface area contributed by atoms with Gasteiger partial charge in [-0.15, -0.1) is 0 Å². The van der Waals surface area contributed by atoms with Crippen LogP contribution in [0, 0.1) is 19.8 Å². The lowest BCUT2D eigenvalue weighted by atomic mass is 9.82. The van der Waals surface area contributed by atoms with Crippen LogP contribution in [0.25, 0.3) is 0 Å². The van der Waals surface area contributed by atoms with Gasteiger partial charge in [-0.2, -0.15) is 5.10 Å². The van der Waals surface area contributed by atoms with Gasteiger partial charge in [0.2, 0.25) is 0 Å². The number of likely N-dealkylation sites (tertiary alicyclic amines) is 1. The Hall–Kier alpha value is -1.36. The number of aryl methyl sites for hydroxylation is 2. The molecule has 5 nitrogen and oxygen atoms in total. The highest BCUT2D eigenvalue weighted by atomic mass is 16.3. The molecule has 0 radical (unpaired) electrons. The van der Waals surface area contributed by atoms with Crippen LogP contribution in [-0.4, -0.2) is 44.4 Å². The number of rotatable bonds is 2. The Balaban J connectivity index is 2.16. The van der Waals surface area contributed by atoms with E-state index in [1.54, 1.807) is 9.58 Å². The maximum Gasteiger partial charge on any atom is 0.257 e. The fraction of sp³-hybridized carbons (Fsp3) is 0.692. The van der Waals surface area contributed by atoms with Crippen molar-refractivity contribution in [1.29, 1.82) is 0 Å². The summed E-state index contributed by atoms with van der Waals surface area (Å²) in [6.07, 6.45) is 0. The lowest BCUT2D eigenvalue weighted by Crippen LogP contribution is -2.66. The van der Waals surface area contributed by atoms with Crippen molar-refractivity contribution in [3.63, 3.8) is 0 Å². The molecule has 1 amide bonds. The van der Waals surface area contributed by atoms with Crippen LogP contribution in [0.15, 0.2) is 0 Å². The minimum Gasteiger partial charge on any atom is -0.386 e. The molecule has 0 aliphatic carbocycles. The van der Waals surface area contributed by atoms with E-state index in [2.05, 4.69) is 5.10 Å². The van der Waals surface area contributed by atoms with Crippen LogP contribution in [-0.2, 0) is 7.05 Å². The van der Waals surface area contributed by atoms with Crippen molar-refractivity contribution in [2.24, 2.45) is 13.0 Å². The number of β-amino-alcohol motifs (C(OH)–C–C–N with tert-alkyl or cyclic N) is 1. The van der Waals surface area contributed by atoms with Gasteiger partial charge in [-0.05, 0) is 19.8 Å². The first-order chi connectivity index (χ1) is 8.26. The van der Waals surface area contributed by atoms with Crippen molar-refractivity contribution >= 4 is 5.91 Å². The van der Waals surface area contributed by atoms with E-state index in [4.69, 9.17) is 0 Å². The summed E-state index contributed by atoms with van der Waals surface area (Å²) in [5.74, 6) is 0.140. The summed E-state index contributed by atoms with van der Waals surface area (Å²) < 4.78 is 1.72. The van der Waals surface area contributed by atoms with Gasteiger partial charge >= 0.3 is 0 Å². The zero-order valence-electron chi connectivity index (χ0n) is 11.7. The second-order valence-corrected chi connectivity index (χ2v) is 5.59. The number of amides is 1. The Kier molecular flexibility index (Phi) is 2.97.